The summed E-state index contributed by atoms with van der Waals surface area (Å²) in [6, 6.07) is 7.64. The van der Waals surface area contributed by atoms with Crippen molar-refractivity contribution in [1.82, 2.24) is 9.80 Å². The van der Waals surface area contributed by atoms with Gasteiger partial charge in [0.15, 0.2) is 0 Å². The van der Waals surface area contributed by atoms with E-state index in [1.54, 1.807) is 0 Å². The highest BCUT2D eigenvalue weighted by Gasteiger charge is 2.52. The Kier molecular flexibility index (Phi) is 5.55. The van der Waals surface area contributed by atoms with E-state index in [9.17, 15) is 9.59 Å². The molecule has 0 radical (unpaired) electrons. The fraction of sp³-hybridized carbons (Fsp3) is 0.619. The van der Waals surface area contributed by atoms with Crippen molar-refractivity contribution >= 4 is 17.6 Å². The van der Waals surface area contributed by atoms with Gasteiger partial charge in [-0.1, -0.05) is 12.1 Å². The monoisotopic (exact) mass is 387 g/mol. The van der Waals surface area contributed by atoms with Crippen LogP contribution in [0.2, 0.25) is 0 Å². The van der Waals surface area contributed by atoms with Crippen LogP contribution in [0.4, 0.5) is 10.5 Å². The van der Waals surface area contributed by atoms with Gasteiger partial charge in [-0.3, -0.25) is 4.79 Å². The minimum Gasteiger partial charge on any atom is -0.381 e. The third-order valence-corrected chi connectivity index (χ3v) is 6.31. The predicted octanol–water partition coefficient (Wildman–Crippen LogP) is 2.11. The Labute approximate surface area is 166 Å². The highest BCUT2D eigenvalue weighted by molar-refractivity contribution is 5.91. The first-order valence-corrected chi connectivity index (χ1v) is 10.1. The lowest BCUT2D eigenvalue weighted by atomic mass is 9.71. The summed E-state index contributed by atoms with van der Waals surface area (Å²) in [5.74, 6) is -0.00573. The molecule has 1 aromatic rings. The molecule has 3 saturated heterocycles. The fourth-order valence-corrected chi connectivity index (χ4v) is 4.68. The third-order valence-electron chi connectivity index (χ3n) is 6.31. The molecule has 1 unspecified atom stereocenters. The number of carbonyl (C=O) groups excluding carboxylic acids is 2. The van der Waals surface area contributed by atoms with Crippen LogP contribution in [0.15, 0.2) is 24.3 Å². The summed E-state index contributed by atoms with van der Waals surface area (Å²) in [6.45, 7) is 6.83. The van der Waals surface area contributed by atoms with Gasteiger partial charge in [-0.25, -0.2) is 4.79 Å². The van der Waals surface area contributed by atoms with E-state index in [2.05, 4.69) is 5.32 Å². The number of benzene rings is 1. The first kappa shape index (κ1) is 19.2. The lowest BCUT2D eigenvalue weighted by Crippen LogP contribution is -2.49. The second-order valence-electron chi connectivity index (χ2n) is 8.15. The SMILES string of the molecule is Cc1cccc(NC(=O)N2CC(C(=O)N3CCOCC3)C3(CCOCC3)C2)c1. The van der Waals surface area contributed by atoms with Gasteiger partial charge in [-0.05, 0) is 37.5 Å². The number of hydrogen-bond acceptors (Lipinski definition) is 4. The molecule has 3 aliphatic rings. The van der Waals surface area contributed by atoms with Crippen molar-refractivity contribution < 1.29 is 19.1 Å². The van der Waals surface area contributed by atoms with Crippen LogP contribution in [0.1, 0.15) is 18.4 Å². The van der Waals surface area contributed by atoms with Crippen LogP contribution in [-0.2, 0) is 14.3 Å². The maximum atomic E-state index is 13.3. The second kappa shape index (κ2) is 8.09. The van der Waals surface area contributed by atoms with E-state index in [1.807, 2.05) is 41.0 Å². The lowest BCUT2D eigenvalue weighted by Gasteiger charge is -2.39. The Morgan fingerprint density at radius 3 is 2.50 bits per heavy atom. The number of urea groups is 1. The Hall–Kier alpha value is -2.12. The zero-order valence-corrected chi connectivity index (χ0v) is 16.5. The fourth-order valence-electron chi connectivity index (χ4n) is 4.68. The minimum absolute atomic E-state index is 0.131. The molecule has 28 heavy (non-hydrogen) atoms. The van der Waals surface area contributed by atoms with Crippen LogP contribution < -0.4 is 5.32 Å². The van der Waals surface area contributed by atoms with E-state index in [0.29, 0.717) is 52.6 Å². The summed E-state index contributed by atoms with van der Waals surface area (Å²) >= 11 is 0. The highest BCUT2D eigenvalue weighted by atomic mass is 16.5. The van der Waals surface area contributed by atoms with Crippen molar-refractivity contribution in [2.45, 2.75) is 19.8 Å². The van der Waals surface area contributed by atoms with E-state index in [0.717, 1.165) is 24.1 Å². The second-order valence-corrected chi connectivity index (χ2v) is 8.15. The molecule has 7 heteroatoms. The molecule has 3 amide bonds. The number of rotatable bonds is 2. The van der Waals surface area contributed by atoms with Gasteiger partial charge in [-0.2, -0.15) is 0 Å². The molecule has 3 aliphatic heterocycles. The van der Waals surface area contributed by atoms with Gasteiger partial charge in [0.25, 0.3) is 0 Å². The molecule has 4 rings (SSSR count). The number of nitrogens with one attached hydrogen (secondary N) is 1. The third kappa shape index (κ3) is 3.86. The topological polar surface area (TPSA) is 71.1 Å². The van der Waals surface area contributed by atoms with Crippen molar-refractivity contribution in [3.05, 3.63) is 29.8 Å². The maximum Gasteiger partial charge on any atom is 0.321 e. The summed E-state index contributed by atoms with van der Waals surface area (Å²) < 4.78 is 11.0. The number of hydrogen-bond donors (Lipinski definition) is 1. The van der Waals surface area contributed by atoms with Crippen LogP contribution in [0.5, 0.6) is 0 Å². The molecule has 7 nitrogen and oxygen atoms in total. The number of nitrogens with zero attached hydrogens (tertiary/aromatic N) is 2. The first-order valence-electron chi connectivity index (χ1n) is 10.1. The minimum atomic E-state index is -0.183. The van der Waals surface area contributed by atoms with Gasteiger partial charge in [0.05, 0.1) is 19.1 Å². The largest absolute Gasteiger partial charge is 0.381 e. The molecule has 152 valence electrons. The number of aryl methyl sites for hydroxylation is 1. The molecular weight excluding hydrogens is 358 g/mol. The first-order chi connectivity index (χ1) is 13.6. The van der Waals surface area contributed by atoms with Crippen LogP contribution in [-0.4, -0.2) is 74.3 Å². The van der Waals surface area contributed by atoms with Crippen LogP contribution in [0, 0.1) is 18.3 Å². The van der Waals surface area contributed by atoms with Gasteiger partial charge >= 0.3 is 6.03 Å². The standard InChI is InChI=1S/C21H29N3O4/c1-16-3-2-4-17(13-16)22-20(26)24-14-18(19(25)23-7-11-28-12-8-23)21(15-24)5-9-27-10-6-21/h2-4,13,18H,5-12,14-15H2,1H3,(H,22,26). The Morgan fingerprint density at radius 1 is 1.07 bits per heavy atom. The van der Waals surface area contributed by atoms with Crippen molar-refractivity contribution in [3.63, 3.8) is 0 Å². The quantitative estimate of drug-likeness (QED) is 0.844. The number of amides is 3. The molecule has 0 aromatic heterocycles. The molecule has 1 spiro atoms. The summed E-state index contributed by atoms with van der Waals surface area (Å²) in [5, 5.41) is 3.00. The molecular formula is C21H29N3O4. The molecule has 0 saturated carbocycles. The Balaban J connectivity index is 1.50. The Bertz CT molecular complexity index is 726. The van der Waals surface area contributed by atoms with Gasteiger partial charge in [0.2, 0.25) is 5.91 Å². The number of ether oxygens (including phenoxy) is 2. The summed E-state index contributed by atoms with van der Waals surface area (Å²) in [6.07, 6.45) is 1.64. The van der Waals surface area contributed by atoms with Crippen molar-refractivity contribution in [2.75, 3.05) is 57.9 Å². The molecule has 3 fully saturated rings. The average molecular weight is 387 g/mol. The highest BCUT2D eigenvalue weighted by Crippen LogP contribution is 2.45. The predicted molar refractivity (Wildman–Crippen MR) is 105 cm³/mol. The van der Waals surface area contributed by atoms with E-state index in [-0.39, 0.29) is 23.3 Å². The molecule has 0 bridgehead atoms. The van der Waals surface area contributed by atoms with Crippen LogP contribution in [0.3, 0.4) is 0 Å². The van der Waals surface area contributed by atoms with Gasteiger partial charge < -0.3 is 24.6 Å². The van der Waals surface area contributed by atoms with E-state index in [1.165, 1.54) is 0 Å². The van der Waals surface area contributed by atoms with Gasteiger partial charge in [0, 0.05) is 50.5 Å². The zero-order valence-electron chi connectivity index (χ0n) is 16.5. The number of anilines is 1. The van der Waals surface area contributed by atoms with Crippen LogP contribution >= 0.6 is 0 Å². The number of carbonyl (C=O) groups is 2. The summed E-state index contributed by atoms with van der Waals surface area (Å²) in [4.78, 5) is 30.0. The van der Waals surface area contributed by atoms with Crippen LogP contribution in [0.25, 0.3) is 0 Å². The summed E-state index contributed by atoms with van der Waals surface area (Å²) in [7, 11) is 0. The molecule has 0 aliphatic carbocycles. The van der Waals surface area contributed by atoms with Gasteiger partial charge in [0.1, 0.15) is 0 Å². The molecule has 1 aromatic carbocycles. The average Bonchev–Trinajstić information content (AvgIpc) is 3.07. The summed E-state index contributed by atoms with van der Waals surface area (Å²) in [5.41, 5.74) is 1.70. The normalized spacial score (nSPS) is 24.4. The molecule has 3 heterocycles. The zero-order chi connectivity index (χ0) is 19.6. The smallest absolute Gasteiger partial charge is 0.321 e. The number of likely N-dealkylation sites (tertiary alicyclic amines) is 1. The van der Waals surface area contributed by atoms with E-state index < -0.39 is 0 Å². The van der Waals surface area contributed by atoms with E-state index >= 15 is 0 Å². The van der Waals surface area contributed by atoms with Crippen molar-refractivity contribution in [1.29, 1.82) is 0 Å². The van der Waals surface area contributed by atoms with Gasteiger partial charge in [-0.15, -0.1) is 0 Å². The molecule has 1 N–H and O–H groups in total. The lowest BCUT2D eigenvalue weighted by molar-refractivity contribution is -0.144. The Morgan fingerprint density at radius 2 is 1.79 bits per heavy atom. The van der Waals surface area contributed by atoms with Crippen molar-refractivity contribution in [2.24, 2.45) is 11.3 Å². The van der Waals surface area contributed by atoms with E-state index in [4.69, 9.17) is 9.47 Å². The maximum absolute atomic E-state index is 13.3. The molecule has 1 atom stereocenters. The van der Waals surface area contributed by atoms with Crippen molar-refractivity contribution in [3.8, 4) is 0 Å². The number of morpholine rings is 1.